The normalized spacial score (nSPS) is 18.0. The molecule has 1 fully saturated rings. The van der Waals surface area contributed by atoms with E-state index in [0.29, 0.717) is 19.0 Å². The lowest BCUT2D eigenvalue weighted by atomic mass is 10.0. The van der Waals surface area contributed by atoms with Gasteiger partial charge >= 0.3 is 6.09 Å². The maximum Gasteiger partial charge on any atom is 0.410 e. The van der Waals surface area contributed by atoms with E-state index in [1.807, 2.05) is 45.0 Å². The van der Waals surface area contributed by atoms with Crippen molar-refractivity contribution in [3.63, 3.8) is 0 Å². The minimum atomic E-state index is -0.521. The Hall–Kier alpha value is -2.08. The first kappa shape index (κ1) is 18.7. The van der Waals surface area contributed by atoms with Crippen LogP contribution in [-0.4, -0.2) is 45.8 Å². The summed E-state index contributed by atoms with van der Waals surface area (Å²) in [5.74, 6) is 0.292. The predicted octanol–water partition coefficient (Wildman–Crippen LogP) is 4.45. The van der Waals surface area contributed by atoms with Gasteiger partial charge in [-0.3, -0.25) is 0 Å². The zero-order chi connectivity index (χ0) is 18.7. The van der Waals surface area contributed by atoms with Crippen LogP contribution in [0.2, 0.25) is 5.15 Å². The van der Waals surface area contributed by atoms with Gasteiger partial charge in [-0.25, -0.2) is 14.8 Å². The summed E-state index contributed by atoms with van der Waals surface area (Å²) >= 11 is 6.20. The van der Waals surface area contributed by atoms with E-state index in [9.17, 15) is 4.79 Å². The largest absolute Gasteiger partial charge is 0.473 e. The Morgan fingerprint density at radius 1 is 1.23 bits per heavy atom. The standard InChI is InChI=1S/C19H24ClN3O3/c1-19(2,3)26-18(24)23-11-7-6-8-13(23)12-25-17-16(20)21-14-9-4-5-10-15(14)22-17/h4-5,9-10,13H,6-8,11-12H2,1-3H3. The molecule has 0 radical (unpaired) electrons. The molecule has 1 saturated heterocycles. The fourth-order valence-corrected chi connectivity index (χ4v) is 3.15. The molecule has 0 spiro atoms. The third kappa shape index (κ3) is 4.55. The number of rotatable bonds is 3. The summed E-state index contributed by atoms with van der Waals surface area (Å²) in [6.45, 7) is 6.58. The average molecular weight is 378 g/mol. The van der Waals surface area contributed by atoms with E-state index in [4.69, 9.17) is 21.1 Å². The lowest BCUT2D eigenvalue weighted by Gasteiger charge is -2.36. The van der Waals surface area contributed by atoms with Gasteiger partial charge in [0.2, 0.25) is 0 Å². The van der Waals surface area contributed by atoms with Crippen molar-refractivity contribution in [3.8, 4) is 5.88 Å². The molecule has 3 rings (SSSR count). The van der Waals surface area contributed by atoms with Crippen LogP contribution in [0.1, 0.15) is 40.0 Å². The quantitative estimate of drug-likeness (QED) is 0.790. The lowest BCUT2D eigenvalue weighted by molar-refractivity contribution is 0.00336. The summed E-state index contributed by atoms with van der Waals surface area (Å²) in [5.41, 5.74) is 0.921. The Morgan fingerprint density at radius 2 is 1.92 bits per heavy atom. The van der Waals surface area contributed by atoms with Crippen LogP contribution in [0.5, 0.6) is 5.88 Å². The van der Waals surface area contributed by atoms with Crippen molar-refractivity contribution >= 4 is 28.7 Å². The van der Waals surface area contributed by atoms with E-state index >= 15 is 0 Å². The van der Waals surface area contributed by atoms with Gasteiger partial charge in [0.25, 0.3) is 5.88 Å². The molecule has 1 unspecified atom stereocenters. The van der Waals surface area contributed by atoms with Gasteiger partial charge in [-0.15, -0.1) is 0 Å². The maximum atomic E-state index is 12.5. The number of aromatic nitrogens is 2. The zero-order valence-corrected chi connectivity index (χ0v) is 16.1. The number of nitrogens with zero attached hydrogens (tertiary/aromatic N) is 3. The van der Waals surface area contributed by atoms with Crippen molar-refractivity contribution in [2.24, 2.45) is 0 Å². The number of amides is 1. The highest BCUT2D eigenvalue weighted by Crippen LogP contribution is 2.25. The van der Waals surface area contributed by atoms with E-state index in [0.717, 1.165) is 30.3 Å². The first-order chi connectivity index (χ1) is 12.3. The molecule has 1 aromatic carbocycles. The highest BCUT2D eigenvalue weighted by molar-refractivity contribution is 6.31. The van der Waals surface area contributed by atoms with Gasteiger partial charge < -0.3 is 14.4 Å². The second-order valence-electron chi connectivity index (χ2n) is 7.44. The number of benzene rings is 1. The fraction of sp³-hybridized carbons (Fsp3) is 0.526. The highest BCUT2D eigenvalue weighted by atomic mass is 35.5. The maximum absolute atomic E-state index is 12.5. The van der Waals surface area contributed by atoms with Gasteiger partial charge in [-0.2, -0.15) is 0 Å². The Morgan fingerprint density at radius 3 is 2.62 bits per heavy atom. The molecule has 1 aliphatic rings. The zero-order valence-electron chi connectivity index (χ0n) is 15.4. The number of carbonyl (C=O) groups is 1. The van der Waals surface area contributed by atoms with Crippen molar-refractivity contribution in [1.29, 1.82) is 0 Å². The molecule has 2 aromatic rings. The van der Waals surface area contributed by atoms with E-state index in [1.54, 1.807) is 4.90 Å². The molecule has 1 aromatic heterocycles. The van der Waals surface area contributed by atoms with Gasteiger partial charge in [0.05, 0.1) is 17.1 Å². The summed E-state index contributed by atoms with van der Waals surface area (Å²) in [6.07, 6.45) is 2.57. The van der Waals surface area contributed by atoms with E-state index in [-0.39, 0.29) is 17.3 Å². The predicted molar refractivity (Wildman–Crippen MR) is 101 cm³/mol. The van der Waals surface area contributed by atoms with Crippen LogP contribution < -0.4 is 4.74 Å². The fourth-order valence-electron chi connectivity index (χ4n) is 2.96. The number of hydrogen-bond donors (Lipinski definition) is 0. The van der Waals surface area contributed by atoms with Gasteiger partial charge in [-0.1, -0.05) is 23.7 Å². The van der Waals surface area contributed by atoms with Crippen molar-refractivity contribution in [2.75, 3.05) is 13.2 Å². The molecule has 140 valence electrons. The summed E-state index contributed by atoms with van der Waals surface area (Å²) in [4.78, 5) is 23.0. The molecule has 0 bridgehead atoms. The molecule has 6 nitrogen and oxygen atoms in total. The molecule has 0 N–H and O–H groups in total. The Bertz CT molecular complexity index is 791. The van der Waals surface area contributed by atoms with Crippen LogP contribution in [0.15, 0.2) is 24.3 Å². The molecule has 0 saturated carbocycles. The summed E-state index contributed by atoms with van der Waals surface area (Å²) < 4.78 is 11.4. The highest BCUT2D eigenvalue weighted by Gasteiger charge is 2.31. The summed E-state index contributed by atoms with van der Waals surface area (Å²) in [7, 11) is 0. The number of piperidine rings is 1. The van der Waals surface area contributed by atoms with Crippen LogP contribution in [0.3, 0.4) is 0 Å². The van der Waals surface area contributed by atoms with Crippen molar-refractivity contribution in [1.82, 2.24) is 14.9 Å². The SMILES string of the molecule is CC(C)(C)OC(=O)N1CCCCC1COc1nc2ccccc2nc1Cl. The van der Waals surface area contributed by atoms with Crippen LogP contribution in [0, 0.1) is 0 Å². The Kier molecular flexibility index (Phi) is 5.51. The molecule has 26 heavy (non-hydrogen) atoms. The molecule has 7 heteroatoms. The van der Waals surface area contributed by atoms with Crippen molar-refractivity contribution in [2.45, 2.75) is 51.7 Å². The number of carbonyl (C=O) groups excluding carboxylic acids is 1. The van der Waals surface area contributed by atoms with E-state index in [2.05, 4.69) is 9.97 Å². The Balaban J connectivity index is 1.70. The minimum Gasteiger partial charge on any atom is -0.473 e. The van der Waals surface area contributed by atoms with E-state index < -0.39 is 5.60 Å². The summed E-state index contributed by atoms with van der Waals surface area (Å²) in [6, 6.07) is 7.42. The first-order valence-corrected chi connectivity index (χ1v) is 9.26. The number of ether oxygens (including phenoxy) is 2. The number of fused-ring (bicyclic) bond motifs is 1. The first-order valence-electron chi connectivity index (χ1n) is 8.88. The van der Waals surface area contributed by atoms with Gasteiger partial charge in [0.15, 0.2) is 5.15 Å². The second-order valence-corrected chi connectivity index (χ2v) is 7.80. The second kappa shape index (κ2) is 7.66. The molecule has 1 atom stereocenters. The number of likely N-dealkylation sites (tertiary alicyclic amines) is 1. The molecule has 2 heterocycles. The Labute approximate surface area is 158 Å². The van der Waals surface area contributed by atoms with Crippen LogP contribution in [0.4, 0.5) is 4.79 Å². The topological polar surface area (TPSA) is 64.5 Å². The number of halogens is 1. The number of hydrogen-bond acceptors (Lipinski definition) is 5. The monoisotopic (exact) mass is 377 g/mol. The van der Waals surface area contributed by atoms with Gasteiger partial charge in [-0.05, 0) is 52.2 Å². The van der Waals surface area contributed by atoms with Crippen LogP contribution in [0.25, 0.3) is 11.0 Å². The molecular formula is C19H24ClN3O3. The number of para-hydroxylation sites is 2. The third-order valence-electron chi connectivity index (χ3n) is 4.17. The minimum absolute atomic E-state index is 0.0667. The lowest BCUT2D eigenvalue weighted by Crippen LogP contribution is -2.48. The molecule has 1 aliphatic heterocycles. The van der Waals surface area contributed by atoms with Gasteiger partial charge in [0, 0.05) is 6.54 Å². The van der Waals surface area contributed by atoms with Crippen LogP contribution in [-0.2, 0) is 4.74 Å². The van der Waals surface area contributed by atoms with Gasteiger partial charge in [0.1, 0.15) is 12.2 Å². The smallest absolute Gasteiger partial charge is 0.410 e. The summed E-state index contributed by atoms with van der Waals surface area (Å²) in [5, 5.41) is 0.225. The molecule has 1 amide bonds. The van der Waals surface area contributed by atoms with Crippen molar-refractivity contribution < 1.29 is 14.3 Å². The van der Waals surface area contributed by atoms with Crippen molar-refractivity contribution in [3.05, 3.63) is 29.4 Å². The average Bonchev–Trinajstić information content (AvgIpc) is 2.58. The van der Waals surface area contributed by atoms with E-state index in [1.165, 1.54) is 0 Å². The molecular weight excluding hydrogens is 354 g/mol. The third-order valence-corrected chi connectivity index (χ3v) is 4.41. The van der Waals surface area contributed by atoms with Crippen LogP contribution >= 0.6 is 11.6 Å². The molecule has 0 aliphatic carbocycles.